The van der Waals surface area contributed by atoms with Crippen LogP contribution in [0.15, 0.2) is 35.7 Å². The highest BCUT2D eigenvalue weighted by atomic mass is 32.1. The van der Waals surface area contributed by atoms with E-state index in [9.17, 15) is 14.4 Å². The predicted molar refractivity (Wildman–Crippen MR) is 124 cm³/mol. The molecule has 0 saturated carbocycles. The Morgan fingerprint density at radius 3 is 2.39 bits per heavy atom. The number of thiazole rings is 1. The quantitative estimate of drug-likeness (QED) is 0.554. The van der Waals surface area contributed by atoms with Crippen molar-refractivity contribution in [1.82, 2.24) is 15.2 Å². The van der Waals surface area contributed by atoms with E-state index >= 15 is 0 Å². The van der Waals surface area contributed by atoms with Crippen molar-refractivity contribution in [3.63, 3.8) is 0 Å². The molecule has 2 aromatic rings. The van der Waals surface area contributed by atoms with Crippen LogP contribution in [0.4, 0.5) is 5.13 Å². The van der Waals surface area contributed by atoms with Gasteiger partial charge in [-0.25, -0.2) is 4.98 Å². The van der Waals surface area contributed by atoms with Gasteiger partial charge in [-0.2, -0.15) is 0 Å². The molecule has 0 aliphatic heterocycles. The first-order valence-corrected chi connectivity index (χ1v) is 11.5. The van der Waals surface area contributed by atoms with Crippen LogP contribution in [-0.2, 0) is 16.0 Å². The number of aromatic nitrogens is 1. The third-order valence-corrected chi connectivity index (χ3v) is 5.22. The Labute approximate surface area is 188 Å². The van der Waals surface area contributed by atoms with Crippen LogP contribution in [0.1, 0.15) is 50.2 Å². The van der Waals surface area contributed by atoms with Crippen LogP contribution >= 0.6 is 11.3 Å². The summed E-state index contributed by atoms with van der Waals surface area (Å²) < 4.78 is 0. The maximum absolute atomic E-state index is 12.8. The molecule has 0 fully saturated rings. The topological polar surface area (TPSA) is 91.4 Å². The van der Waals surface area contributed by atoms with Crippen molar-refractivity contribution in [2.24, 2.45) is 11.8 Å². The van der Waals surface area contributed by atoms with Gasteiger partial charge in [0.15, 0.2) is 5.13 Å². The van der Waals surface area contributed by atoms with Gasteiger partial charge in [0.25, 0.3) is 5.91 Å². The summed E-state index contributed by atoms with van der Waals surface area (Å²) in [7, 11) is 0. The number of anilines is 1. The molecule has 2 rings (SSSR count). The highest BCUT2D eigenvalue weighted by Gasteiger charge is 2.20. The fourth-order valence-electron chi connectivity index (χ4n) is 2.93. The lowest BCUT2D eigenvalue weighted by Crippen LogP contribution is -2.40. The molecule has 0 aliphatic carbocycles. The smallest absolute Gasteiger partial charge is 0.254 e. The van der Waals surface area contributed by atoms with Gasteiger partial charge < -0.3 is 15.5 Å². The Balaban J connectivity index is 1.91. The molecule has 2 N–H and O–H groups in total. The van der Waals surface area contributed by atoms with E-state index in [0.717, 1.165) is 6.42 Å². The molecular weight excluding hydrogens is 412 g/mol. The fourth-order valence-corrected chi connectivity index (χ4v) is 3.65. The van der Waals surface area contributed by atoms with E-state index in [1.807, 2.05) is 19.9 Å². The van der Waals surface area contributed by atoms with Crippen molar-refractivity contribution in [3.05, 3.63) is 47.0 Å². The normalized spacial score (nSPS) is 10.9. The molecule has 0 saturated heterocycles. The summed E-state index contributed by atoms with van der Waals surface area (Å²) >= 11 is 1.27. The van der Waals surface area contributed by atoms with Gasteiger partial charge in [0.2, 0.25) is 11.8 Å². The largest absolute Gasteiger partial charge is 0.356 e. The van der Waals surface area contributed by atoms with Crippen LogP contribution in [0.5, 0.6) is 0 Å². The molecule has 0 aliphatic rings. The second-order valence-electron chi connectivity index (χ2n) is 8.35. The molecule has 0 spiro atoms. The molecule has 1 heterocycles. The Bertz CT molecular complexity index is 865. The number of carbonyl (C=O) groups is 3. The van der Waals surface area contributed by atoms with Gasteiger partial charge >= 0.3 is 0 Å². The standard InChI is InChI=1S/C23H32N4O3S/c1-16(2)10-11-24-20(28)12-19-15-31-23(25-19)26-21(29)14-27(13-17(3)4)22(30)18-8-6-5-7-9-18/h5-9,15-17H,10-14H2,1-4H3,(H,24,28)(H,25,26,29). The molecule has 0 bridgehead atoms. The Morgan fingerprint density at radius 1 is 1.03 bits per heavy atom. The summed E-state index contributed by atoms with van der Waals surface area (Å²) in [5.41, 5.74) is 1.16. The summed E-state index contributed by atoms with van der Waals surface area (Å²) in [6.45, 7) is 9.28. The minimum atomic E-state index is -0.313. The van der Waals surface area contributed by atoms with Crippen LogP contribution in [0.2, 0.25) is 0 Å². The van der Waals surface area contributed by atoms with Gasteiger partial charge in [-0.3, -0.25) is 14.4 Å². The second-order valence-corrected chi connectivity index (χ2v) is 9.21. The maximum Gasteiger partial charge on any atom is 0.254 e. The average molecular weight is 445 g/mol. The number of benzene rings is 1. The molecule has 1 aromatic heterocycles. The van der Waals surface area contributed by atoms with Crippen molar-refractivity contribution in [2.45, 2.75) is 40.5 Å². The highest BCUT2D eigenvalue weighted by Crippen LogP contribution is 2.16. The monoisotopic (exact) mass is 444 g/mol. The van der Waals surface area contributed by atoms with Gasteiger partial charge in [0.1, 0.15) is 6.54 Å². The number of nitrogens with zero attached hydrogens (tertiary/aromatic N) is 2. The first-order valence-electron chi connectivity index (χ1n) is 10.6. The van der Waals surface area contributed by atoms with E-state index in [2.05, 4.69) is 29.5 Å². The lowest BCUT2D eigenvalue weighted by Gasteiger charge is -2.24. The molecule has 7 nitrogen and oxygen atoms in total. The number of amides is 3. The van der Waals surface area contributed by atoms with Gasteiger partial charge in [0, 0.05) is 24.0 Å². The van der Waals surface area contributed by atoms with Crippen molar-refractivity contribution >= 4 is 34.2 Å². The number of rotatable bonds is 11. The van der Waals surface area contributed by atoms with Crippen LogP contribution in [0, 0.1) is 11.8 Å². The van der Waals surface area contributed by atoms with E-state index in [1.54, 1.807) is 34.5 Å². The third-order valence-electron chi connectivity index (χ3n) is 4.41. The van der Waals surface area contributed by atoms with Gasteiger partial charge in [-0.15, -0.1) is 11.3 Å². The number of nitrogens with one attached hydrogen (secondary N) is 2. The molecule has 168 valence electrons. The lowest BCUT2D eigenvalue weighted by molar-refractivity contribution is -0.120. The maximum atomic E-state index is 12.8. The SMILES string of the molecule is CC(C)CCNC(=O)Cc1csc(NC(=O)CN(CC(C)C)C(=O)c2ccccc2)n1. The van der Waals surface area contributed by atoms with E-state index in [0.29, 0.717) is 35.4 Å². The summed E-state index contributed by atoms with van der Waals surface area (Å²) in [6.07, 6.45) is 1.11. The second kappa shape index (κ2) is 12.2. The first-order chi connectivity index (χ1) is 14.7. The first kappa shape index (κ1) is 24.5. The average Bonchev–Trinajstić information content (AvgIpc) is 3.13. The van der Waals surface area contributed by atoms with E-state index in [4.69, 9.17) is 0 Å². The summed E-state index contributed by atoms with van der Waals surface area (Å²) in [5, 5.41) is 7.81. The van der Waals surface area contributed by atoms with Gasteiger partial charge in [-0.05, 0) is 30.4 Å². The summed E-state index contributed by atoms with van der Waals surface area (Å²) in [5.74, 6) is 0.182. The van der Waals surface area contributed by atoms with Gasteiger partial charge in [-0.1, -0.05) is 45.9 Å². The summed E-state index contributed by atoms with van der Waals surface area (Å²) in [4.78, 5) is 43.2. The Kier molecular flexibility index (Phi) is 9.65. The molecule has 0 radical (unpaired) electrons. The zero-order valence-corrected chi connectivity index (χ0v) is 19.5. The predicted octanol–water partition coefficient (Wildman–Crippen LogP) is 3.58. The molecule has 1 aromatic carbocycles. The molecular formula is C23H32N4O3S. The third kappa shape index (κ3) is 8.88. The Morgan fingerprint density at radius 2 is 1.74 bits per heavy atom. The minimum Gasteiger partial charge on any atom is -0.356 e. The highest BCUT2D eigenvalue weighted by molar-refractivity contribution is 7.13. The molecule has 8 heteroatoms. The number of carbonyl (C=O) groups excluding carboxylic acids is 3. The number of hydrogen-bond donors (Lipinski definition) is 2. The van der Waals surface area contributed by atoms with Gasteiger partial charge in [0.05, 0.1) is 12.1 Å². The number of hydrogen-bond acceptors (Lipinski definition) is 5. The fraction of sp³-hybridized carbons (Fsp3) is 0.478. The Hall–Kier alpha value is -2.74. The summed E-state index contributed by atoms with van der Waals surface area (Å²) in [6, 6.07) is 8.94. The van der Waals surface area contributed by atoms with E-state index in [-0.39, 0.29) is 36.6 Å². The molecule has 3 amide bonds. The zero-order valence-electron chi connectivity index (χ0n) is 18.7. The van der Waals surface area contributed by atoms with Crippen LogP contribution in [0.3, 0.4) is 0 Å². The minimum absolute atomic E-state index is 0.0590. The van der Waals surface area contributed by atoms with Crippen LogP contribution in [0.25, 0.3) is 0 Å². The van der Waals surface area contributed by atoms with Crippen molar-refractivity contribution < 1.29 is 14.4 Å². The van der Waals surface area contributed by atoms with Crippen LogP contribution < -0.4 is 10.6 Å². The van der Waals surface area contributed by atoms with Crippen molar-refractivity contribution in [1.29, 1.82) is 0 Å². The van der Waals surface area contributed by atoms with Crippen LogP contribution in [-0.4, -0.2) is 47.2 Å². The zero-order chi connectivity index (χ0) is 22.8. The van der Waals surface area contributed by atoms with E-state index < -0.39 is 0 Å². The molecule has 0 atom stereocenters. The van der Waals surface area contributed by atoms with E-state index in [1.165, 1.54) is 11.3 Å². The van der Waals surface area contributed by atoms with Crippen molar-refractivity contribution in [3.8, 4) is 0 Å². The molecule has 31 heavy (non-hydrogen) atoms. The molecule has 0 unspecified atom stereocenters. The lowest BCUT2D eigenvalue weighted by atomic mass is 10.1. The van der Waals surface area contributed by atoms with Crippen molar-refractivity contribution in [2.75, 3.05) is 25.0 Å².